The fourth-order valence-corrected chi connectivity index (χ4v) is 0.979. The van der Waals surface area contributed by atoms with Crippen molar-refractivity contribution in [1.29, 1.82) is 0 Å². The smallest absolute Gasteiger partial charge is 0.315 e. The van der Waals surface area contributed by atoms with Gasteiger partial charge in [-0.1, -0.05) is 6.07 Å². The molecule has 1 heterocycles. The molecule has 13 heavy (non-hydrogen) atoms. The van der Waals surface area contributed by atoms with Gasteiger partial charge in [-0.25, -0.2) is 0 Å². The third-order valence-corrected chi connectivity index (χ3v) is 1.70. The van der Waals surface area contributed by atoms with E-state index in [1.807, 2.05) is 0 Å². The summed E-state index contributed by atoms with van der Waals surface area (Å²) in [7, 11) is 0. The van der Waals surface area contributed by atoms with E-state index in [-0.39, 0.29) is 5.69 Å². The molecule has 0 amide bonds. The normalized spacial score (nSPS) is 14.2. The first-order valence-electron chi connectivity index (χ1n) is 3.66. The Bertz CT molecular complexity index is 296. The first-order chi connectivity index (χ1) is 5.93. The third kappa shape index (κ3) is 2.18. The Morgan fingerprint density at radius 1 is 1.46 bits per heavy atom. The van der Waals surface area contributed by atoms with Crippen molar-refractivity contribution in [2.24, 2.45) is 5.73 Å². The van der Waals surface area contributed by atoms with Gasteiger partial charge in [0, 0.05) is 6.20 Å². The Morgan fingerprint density at radius 2 is 2.08 bits per heavy atom. The number of rotatable bonds is 1. The number of aryl methyl sites for hydroxylation is 1. The topological polar surface area (TPSA) is 38.9 Å². The number of nitrogens with two attached hydrogens (primary N) is 1. The lowest BCUT2D eigenvalue weighted by Crippen LogP contribution is -2.29. The molecule has 0 aliphatic carbocycles. The molecule has 1 atom stereocenters. The number of pyridine rings is 1. The van der Waals surface area contributed by atoms with Crippen LogP contribution in [-0.2, 0) is 0 Å². The van der Waals surface area contributed by atoms with Crippen molar-refractivity contribution in [1.82, 2.24) is 4.98 Å². The van der Waals surface area contributed by atoms with Crippen molar-refractivity contribution in [3.8, 4) is 0 Å². The highest BCUT2D eigenvalue weighted by molar-refractivity contribution is 5.21. The van der Waals surface area contributed by atoms with Gasteiger partial charge in [-0.05, 0) is 18.6 Å². The molecule has 0 unspecified atom stereocenters. The van der Waals surface area contributed by atoms with Crippen molar-refractivity contribution >= 4 is 0 Å². The molecule has 1 aromatic rings. The minimum Gasteiger partial charge on any atom is -0.315 e. The van der Waals surface area contributed by atoms with Gasteiger partial charge in [-0.3, -0.25) is 4.98 Å². The Hall–Kier alpha value is -1.10. The van der Waals surface area contributed by atoms with E-state index in [1.165, 1.54) is 6.20 Å². The van der Waals surface area contributed by atoms with Crippen LogP contribution >= 0.6 is 0 Å². The lowest BCUT2D eigenvalue weighted by Gasteiger charge is -2.16. The van der Waals surface area contributed by atoms with E-state index in [9.17, 15) is 13.2 Å². The largest absolute Gasteiger partial charge is 0.409 e. The first-order valence-corrected chi connectivity index (χ1v) is 3.66. The number of nitrogens with zero attached hydrogens (tertiary/aromatic N) is 1. The van der Waals surface area contributed by atoms with E-state index in [0.29, 0.717) is 5.56 Å². The van der Waals surface area contributed by atoms with Crippen LogP contribution in [0.1, 0.15) is 17.3 Å². The molecule has 0 aliphatic heterocycles. The molecule has 0 aromatic carbocycles. The van der Waals surface area contributed by atoms with Crippen molar-refractivity contribution < 1.29 is 13.2 Å². The van der Waals surface area contributed by atoms with Gasteiger partial charge >= 0.3 is 6.18 Å². The molecular weight excluding hydrogens is 181 g/mol. The summed E-state index contributed by atoms with van der Waals surface area (Å²) in [5.41, 5.74) is 5.32. The lowest BCUT2D eigenvalue weighted by atomic mass is 10.1. The summed E-state index contributed by atoms with van der Waals surface area (Å²) in [6.45, 7) is 1.55. The van der Waals surface area contributed by atoms with E-state index in [2.05, 4.69) is 4.98 Å². The Labute approximate surface area is 73.6 Å². The summed E-state index contributed by atoms with van der Waals surface area (Å²) in [6, 6.07) is 1.13. The van der Waals surface area contributed by atoms with Crippen LogP contribution in [0.15, 0.2) is 18.3 Å². The van der Waals surface area contributed by atoms with E-state index in [0.717, 1.165) is 0 Å². The van der Waals surface area contributed by atoms with Gasteiger partial charge in [0.05, 0.1) is 5.69 Å². The molecule has 1 aromatic heterocycles. The number of halogens is 3. The van der Waals surface area contributed by atoms with Crippen LogP contribution in [-0.4, -0.2) is 11.2 Å². The highest BCUT2D eigenvalue weighted by Gasteiger charge is 2.39. The fourth-order valence-electron chi connectivity index (χ4n) is 0.979. The van der Waals surface area contributed by atoms with E-state index in [1.54, 1.807) is 19.1 Å². The average Bonchev–Trinajstić information content (AvgIpc) is 2.02. The number of aromatic nitrogens is 1. The number of hydrogen-bond donors (Lipinski definition) is 1. The molecule has 72 valence electrons. The van der Waals surface area contributed by atoms with E-state index in [4.69, 9.17) is 5.73 Å². The van der Waals surface area contributed by atoms with Crippen LogP contribution in [0.5, 0.6) is 0 Å². The Kier molecular flexibility index (Phi) is 2.56. The molecular formula is C8H9F3N2. The van der Waals surface area contributed by atoms with Crippen molar-refractivity contribution in [3.05, 3.63) is 29.6 Å². The maximum atomic E-state index is 12.1. The highest BCUT2D eigenvalue weighted by atomic mass is 19.4. The summed E-state index contributed by atoms with van der Waals surface area (Å²) in [5.74, 6) is 0. The second-order valence-corrected chi connectivity index (χ2v) is 2.72. The molecule has 0 spiro atoms. The second-order valence-electron chi connectivity index (χ2n) is 2.72. The van der Waals surface area contributed by atoms with Gasteiger partial charge in [0.1, 0.15) is 6.04 Å². The van der Waals surface area contributed by atoms with Gasteiger partial charge in [0.15, 0.2) is 0 Å². The Balaban J connectivity index is 3.02. The highest BCUT2D eigenvalue weighted by Crippen LogP contribution is 2.30. The van der Waals surface area contributed by atoms with Crippen LogP contribution in [0.25, 0.3) is 0 Å². The van der Waals surface area contributed by atoms with Crippen LogP contribution in [0, 0.1) is 6.92 Å². The maximum absolute atomic E-state index is 12.1. The second kappa shape index (κ2) is 3.33. The fraction of sp³-hybridized carbons (Fsp3) is 0.375. The third-order valence-electron chi connectivity index (χ3n) is 1.70. The molecule has 0 saturated carbocycles. The molecule has 0 bridgehead atoms. The zero-order valence-electron chi connectivity index (χ0n) is 6.97. The molecule has 0 fully saturated rings. The quantitative estimate of drug-likeness (QED) is 0.735. The predicted octanol–water partition coefficient (Wildman–Crippen LogP) is 1.95. The first kappa shape index (κ1) is 9.98. The van der Waals surface area contributed by atoms with Crippen molar-refractivity contribution in [3.63, 3.8) is 0 Å². The molecule has 5 heteroatoms. The monoisotopic (exact) mass is 190 g/mol. The lowest BCUT2D eigenvalue weighted by molar-refractivity contribution is -0.150. The summed E-state index contributed by atoms with van der Waals surface area (Å²) in [5, 5.41) is 0. The number of alkyl halides is 3. The predicted molar refractivity (Wildman–Crippen MR) is 42.0 cm³/mol. The molecule has 1 rings (SSSR count). The minimum absolute atomic E-state index is 0.116. The summed E-state index contributed by atoms with van der Waals surface area (Å²) >= 11 is 0. The van der Waals surface area contributed by atoms with Gasteiger partial charge in [0.2, 0.25) is 0 Å². The van der Waals surface area contributed by atoms with Crippen LogP contribution in [0.4, 0.5) is 13.2 Å². The van der Waals surface area contributed by atoms with Crippen LogP contribution < -0.4 is 5.73 Å². The molecule has 0 aliphatic rings. The molecule has 2 nitrogen and oxygen atoms in total. The zero-order chi connectivity index (χ0) is 10.1. The molecule has 2 N–H and O–H groups in total. The van der Waals surface area contributed by atoms with Gasteiger partial charge in [-0.15, -0.1) is 0 Å². The standard InChI is InChI=1S/C8H9F3N2/c1-5-3-2-4-13-6(5)7(12)8(9,10)11/h2-4,7H,12H2,1H3/t7-/m1/s1. The van der Waals surface area contributed by atoms with E-state index >= 15 is 0 Å². The number of hydrogen-bond acceptors (Lipinski definition) is 2. The summed E-state index contributed by atoms with van der Waals surface area (Å²) in [6.07, 6.45) is -3.13. The minimum atomic E-state index is -4.43. The SMILES string of the molecule is Cc1cccnc1[C@@H](N)C(F)(F)F. The van der Waals surface area contributed by atoms with Crippen LogP contribution in [0.3, 0.4) is 0 Å². The van der Waals surface area contributed by atoms with Crippen molar-refractivity contribution in [2.75, 3.05) is 0 Å². The van der Waals surface area contributed by atoms with Crippen molar-refractivity contribution in [2.45, 2.75) is 19.1 Å². The maximum Gasteiger partial charge on any atom is 0.409 e. The Morgan fingerprint density at radius 3 is 2.54 bits per heavy atom. The van der Waals surface area contributed by atoms with Gasteiger partial charge in [-0.2, -0.15) is 13.2 Å². The van der Waals surface area contributed by atoms with Gasteiger partial charge in [0.25, 0.3) is 0 Å². The zero-order valence-corrected chi connectivity index (χ0v) is 6.97. The summed E-state index contributed by atoms with van der Waals surface area (Å²) < 4.78 is 36.4. The average molecular weight is 190 g/mol. The summed E-state index contributed by atoms with van der Waals surface area (Å²) in [4.78, 5) is 3.60. The molecule has 0 saturated heterocycles. The molecule has 0 radical (unpaired) electrons. The van der Waals surface area contributed by atoms with Gasteiger partial charge < -0.3 is 5.73 Å². The van der Waals surface area contributed by atoms with E-state index < -0.39 is 12.2 Å². The van der Waals surface area contributed by atoms with Crippen LogP contribution in [0.2, 0.25) is 0 Å².